The van der Waals surface area contributed by atoms with Crippen LogP contribution in [0.1, 0.15) is 27.8 Å². The number of para-hydroxylation sites is 1. The van der Waals surface area contributed by atoms with Gasteiger partial charge in [-0.25, -0.2) is 9.97 Å². The fraction of sp³-hybridized carbons (Fsp3) is 0.161. The molecule has 1 saturated heterocycles. The fourth-order valence-electron chi connectivity index (χ4n) is 4.92. The number of benzene rings is 2. The summed E-state index contributed by atoms with van der Waals surface area (Å²) in [4.78, 5) is 37.4. The summed E-state index contributed by atoms with van der Waals surface area (Å²) in [6, 6.07) is 28.2. The lowest BCUT2D eigenvalue weighted by Gasteiger charge is -2.18. The molecule has 8 heteroatoms. The van der Waals surface area contributed by atoms with E-state index in [1.807, 2.05) is 103 Å². The van der Waals surface area contributed by atoms with Crippen molar-refractivity contribution in [3.63, 3.8) is 0 Å². The molecule has 39 heavy (non-hydrogen) atoms. The van der Waals surface area contributed by atoms with Crippen LogP contribution in [-0.2, 0) is 0 Å². The first-order valence-electron chi connectivity index (χ1n) is 13.0. The summed E-state index contributed by atoms with van der Waals surface area (Å²) >= 11 is 0. The van der Waals surface area contributed by atoms with E-state index < -0.39 is 0 Å². The molecule has 5 aromatic rings. The molecule has 1 aliphatic rings. The lowest BCUT2D eigenvalue weighted by molar-refractivity contribution is 0.0775. The fourth-order valence-corrected chi connectivity index (χ4v) is 4.92. The smallest absolute Gasteiger partial charge is 0.272 e. The van der Waals surface area contributed by atoms with Crippen molar-refractivity contribution in [3.05, 3.63) is 115 Å². The van der Waals surface area contributed by atoms with Crippen molar-refractivity contribution in [1.29, 1.82) is 0 Å². The molecule has 3 aromatic heterocycles. The van der Waals surface area contributed by atoms with E-state index in [1.165, 1.54) is 0 Å². The predicted molar refractivity (Wildman–Crippen MR) is 151 cm³/mol. The van der Waals surface area contributed by atoms with E-state index in [0.29, 0.717) is 30.2 Å². The van der Waals surface area contributed by atoms with Crippen molar-refractivity contribution >= 4 is 29.0 Å². The maximum atomic E-state index is 13.3. The molecule has 1 aliphatic heterocycles. The Hall–Kier alpha value is -4.98. The van der Waals surface area contributed by atoms with Gasteiger partial charge in [-0.1, -0.05) is 49.4 Å². The van der Waals surface area contributed by atoms with E-state index in [4.69, 9.17) is 0 Å². The molecule has 2 amide bonds. The predicted octanol–water partition coefficient (Wildman–Crippen LogP) is 5.03. The number of pyridine rings is 2. The number of nitrogens with one attached hydrogen (secondary N) is 2. The minimum atomic E-state index is -0.168. The molecule has 0 spiro atoms. The highest BCUT2D eigenvalue weighted by Crippen LogP contribution is 2.23. The van der Waals surface area contributed by atoms with Crippen LogP contribution in [0, 0.1) is 5.92 Å². The Morgan fingerprint density at radius 2 is 1.69 bits per heavy atom. The van der Waals surface area contributed by atoms with Crippen LogP contribution in [0.4, 0.5) is 11.5 Å². The van der Waals surface area contributed by atoms with Crippen LogP contribution in [0.5, 0.6) is 0 Å². The maximum absolute atomic E-state index is 13.3. The van der Waals surface area contributed by atoms with Crippen molar-refractivity contribution in [2.45, 2.75) is 13.0 Å². The zero-order valence-electron chi connectivity index (χ0n) is 21.5. The Morgan fingerprint density at radius 1 is 0.872 bits per heavy atom. The number of likely N-dealkylation sites (tertiary alicyclic amines) is 1. The molecule has 0 saturated carbocycles. The summed E-state index contributed by atoms with van der Waals surface area (Å²) in [5.74, 6) is 0.392. The van der Waals surface area contributed by atoms with Crippen LogP contribution in [0.2, 0.25) is 0 Å². The molecule has 6 rings (SSSR count). The summed E-state index contributed by atoms with van der Waals surface area (Å²) in [7, 11) is 0. The monoisotopic (exact) mass is 516 g/mol. The molecule has 0 radical (unpaired) electrons. The average Bonchev–Trinajstić information content (AvgIpc) is 3.57. The van der Waals surface area contributed by atoms with Gasteiger partial charge in [-0.15, -0.1) is 0 Å². The number of aromatic nitrogens is 3. The second kappa shape index (κ2) is 10.4. The number of carbonyl (C=O) groups is 2. The number of imidazole rings is 1. The van der Waals surface area contributed by atoms with Crippen molar-refractivity contribution < 1.29 is 9.59 Å². The van der Waals surface area contributed by atoms with Crippen LogP contribution >= 0.6 is 0 Å². The van der Waals surface area contributed by atoms with E-state index in [-0.39, 0.29) is 23.8 Å². The first-order chi connectivity index (χ1) is 19.0. The Balaban J connectivity index is 1.12. The number of carbonyl (C=O) groups excluding carboxylic acids is 2. The Morgan fingerprint density at radius 3 is 2.54 bits per heavy atom. The first kappa shape index (κ1) is 24.4. The van der Waals surface area contributed by atoms with Gasteiger partial charge in [-0.3, -0.25) is 9.59 Å². The molecule has 2 N–H and O–H groups in total. The van der Waals surface area contributed by atoms with Gasteiger partial charge in [-0.2, -0.15) is 0 Å². The lowest BCUT2D eigenvalue weighted by atomic mass is 10.0. The summed E-state index contributed by atoms with van der Waals surface area (Å²) in [5.41, 5.74) is 4.36. The molecular formula is C31H28N6O2. The van der Waals surface area contributed by atoms with Gasteiger partial charge in [0, 0.05) is 42.3 Å². The second-order valence-corrected chi connectivity index (χ2v) is 9.84. The Labute approximate surface area is 226 Å². The van der Waals surface area contributed by atoms with Gasteiger partial charge >= 0.3 is 0 Å². The number of rotatable bonds is 6. The number of hydrogen-bond donors (Lipinski definition) is 2. The molecule has 0 aliphatic carbocycles. The largest absolute Gasteiger partial charge is 0.347 e. The lowest BCUT2D eigenvalue weighted by Crippen LogP contribution is -2.40. The minimum Gasteiger partial charge on any atom is -0.347 e. The van der Waals surface area contributed by atoms with Crippen molar-refractivity contribution in [2.24, 2.45) is 5.92 Å². The molecule has 194 valence electrons. The Bertz CT molecular complexity index is 1610. The normalized spacial score (nSPS) is 16.8. The average molecular weight is 517 g/mol. The molecule has 2 atom stereocenters. The molecule has 1 unspecified atom stereocenters. The van der Waals surface area contributed by atoms with Crippen LogP contribution in [0.15, 0.2) is 103 Å². The van der Waals surface area contributed by atoms with Gasteiger partial charge in [0.1, 0.15) is 17.2 Å². The van der Waals surface area contributed by atoms with Gasteiger partial charge in [0.05, 0.1) is 11.7 Å². The number of nitrogens with zero attached hydrogens (tertiary/aromatic N) is 4. The highest BCUT2D eigenvalue weighted by Gasteiger charge is 2.34. The van der Waals surface area contributed by atoms with Crippen molar-refractivity contribution in [2.75, 3.05) is 18.4 Å². The van der Waals surface area contributed by atoms with E-state index in [1.54, 1.807) is 17.0 Å². The van der Waals surface area contributed by atoms with E-state index in [2.05, 4.69) is 20.6 Å². The van der Waals surface area contributed by atoms with Gasteiger partial charge in [0.25, 0.3) is 11.8 Å². The summed E-state index contributed by atoms with van der Waals surface area (Å²) in [5, 5.41) is 6.37. The molecule has 1 fully saturated rings. The van der Waals surface area contributed by atoms with Crippen LogP contribution in [-0.4, -0.2) is 50.2 Å². The highest BCUT2D eigenvalue weighted by atomic mass is 16.2. The van der Waals surface area contributed by atoms with E-state index in [0.717, 1.165) is 22.6 Å². The quantitative estimate of drug-likeness (QED) is 0.330. The van der Waals surface area contributed by atoms with Gasteiger partial charge < -0.3 is 19.9 Å². The number of anilines is 2. The van der Waals surface area contributed by atoms with Crippen LogP contribution in [0.3, 0.4) is 0 Å². The van der Waals surface area contributed by atoms with Crippen LogP contribution < -0.4 is 10.6 Å². The number of hydrogen-bond acceptors (Lipinski definition) is 5. The van der Waals surface area contributed by atoms with Crippen molar-refractivity contribution in [3.8, 4) is 11.3 Å². The molecule has 2 aromatic carbocycles. The molecular weight excluding hydrogens is 488 g/mol. The molecule has 4 heterocycles. The molecule has 8 nitrogen and oxygen atoms in total. The third-order valence-corrected chi connectivity index (χ3v) is 7.01. The molecule has 0 bridgehead atoms. The Kier molecular flexibility index (Phi) is 6.50. The topological polar surface area (TPSA) is 91.6 Å². The zero-order chi connectivity index (χ0) is 26.8. The van der Waals surface area contributed by atoms with E-state index >= 15 is 0 Å². The standard InChI is InChI=1S/C31H28N6O2/c1-21-18-37(31(39)25-13-8-14-28(33-25)32-24-11-3-2-4-12-24)19-26(21)35-30(38)23-10-7-9-22(17-23)27-20-36-16-6-5-15-29(36)34-27/h2-17,20-21,26H,18-19H2,1H3,(H,32,33)(H,35,38)/t21?,26-/m1/s1. The van der Waals surface area contributed by atoms with Crippen molar-refractivity contribution in [1.82, 2.24) is 24.6 Å². The SMILES string of the molecule is CC1CN(C(=O)c2cccc(Nc3ccccc3)n2)C[C@H]1NC(=O)c1cccc(-c2cn3ccccc3n2)c1. The van der Waals surface area contributed by atoms with Crippen LogP contribution in [0.25, 0.3) is 16.9 Å². The zero-order valence-corrected chi connectivity index (χ0v) is 21.5. The van der Waals surface area contributed by atoms with Gasteiger partial charge in [0.15, 0.2) is 0 Å². The highest BCUT2D eigenvalue weighted by molar-refractivity contribution is 5.96. The third-order valence-electron chi connectivity index (χ3n) is 7.01. The number of fused-ring (bicyclic) bond motifs is 1. The summed E-state index contributed by atoms with van der Waals surface area (Å²) < 4.78 is 1.95. The first-order valence-corrected chi connectivity index (χ1v) is 13.0. The second-order valence-electron chi connectivity index (χ2n) is 9.84. The third kappa shape index (κ3) is 5.22. The maximum Gasteiger partial charge on any atom is 0.272 e. The van der Waals surface area contributed by atoms with Gasteiger partial charge in [-0.05, 0) is 54.4 Å². The number of amides is 2. The van der Waals surface area contributed by atoms with Gasteiger partial charge in [0.2, 0.25) is 0 Å². The summed E-state index contributed by atoms with van der Waals surface area (Å²) in [6.45, 7) is 3.02. The van der Waals surface area contributed by atoms with E-state index in [9.17, 15) is 9.59 Å². The minimum absolute atomic E-state index is 0.102. The summed E-state index contributed by atoms with van der Waals surface area (Å²) in [6.07, 6.45) is 3.90.